The summed E-state index contributed by atoms with van der Waals surface area (Å²) >= 11 is 19.9. The molecule has 8 fully saturated rings. The molecule has 12 rings (SSSR count). The van der Waals surface area contributed by atoms with Gasteiger partial charge >= 0.3 is 0 Å². The Morgan fingerprint density at radius 1 is 0.453 bits per heavy atom. The van der Waals surface area contributed by atoms with Crippen LogP contribution < -0.4 is 31.4 Å². The highest BCUT2D eigenvalue weighted by atomic mass is 35.5. The van der Waals surface area contributed by atoms with Crippen LogP contribution in [-0.4, -0.2) is 0 Å². The second-order valence-electron chi connectivity index (χ2n) is 17.7. The van der Waals surface area contributed by atoms with Gasteiger partial charge in [-0.3, -0.25) is 0 Å². The van der Waals surface area contributed by atoms with Crippen LogP contribution in [0.3, 0.4) is 0 Å². The largest absolute Gasteiger partial charge is 0.457 e. The highest BCUT2D eigenvalue weighted by molar-refractivity contribution is 6.33. The van der Waals surface area contributed by atoms with E-state index in [2.05, 4.69) is 6.07 Å². The van der Waals surface area contributed by atoms with Crippen LogP contribution >= 0.6 is 34.8 Å². The second-order valence-corrected chi connectivity index (χ2v) is 18.9. The van der Waals surface area contributed by atoms with Crippen LogP contribution in [0.15, 0.2) is 60.7 Å². The first-order chi connectivity index (χ1) is 25.5. The lowest BCUT2D eigenvalue weighted by atomic mass is 9.46. The lowest BCUT2D eigenvalue weighted by Gasteiger charge is -2.59. The number of halogens is 3. The molecule has 8 bridgehead atoms. The van der Waals surface area contributed by atoms with Crippen LogP contribution in [-0.2, 0) is 10.8 Å². The molecule has 0 radical (unpaired) electrons. The van der Waals surface area contributed by atoms with Crippen molar-refractivity contribution in [1.29, 1.82) is 0 Å². The SMILES string of the molecule is Nc1ccc(Oc2cc(C34CC5CC(CC(C5)C3)C4)c(Oc3ccc(N)c(Cl)c3)c(C34CC5CC(CC(C5)C3)C4)c2Oc2ccc(N)c(Cl)c2)cc1Cl. The normalized spacial score (nSPS) is 31.9. The zero-order chi connectivity index (χ0) is 36.2. The van der Waals surface area contributed by atoms with Gasteiger partial charge in [0.15, 0.2) is 11.5 Å². The molecule has 0 heterocycles. The van der Waals surface area contributed by atoms with Crippen LogP contribution in [0.25, 0.3) is 0 Å². The smallest absolute Gasteiger partial charge is 0.177 e. The van der Waals surface area contributed by atoms with Crippen LogP contribution in [0.2, 0.25) is 15.1 Å². The Morgan fingerprint density at radius 3 is 1.21 bits per heavy atom. The van der Waals surface area contributed by atoms with Gasteiger partial charge in [0, 0.05) is 34.7 Å². The van der Waals surface area contributed by atoms with Gasteiger partial charge in [0.2, 0.25) is 0 Å². The monoisotopic (exact) mass is 769 g/mol. The van der Waals surface area contributed by atoms with E-state index < -0.39 is 0 Å². The molecule has 6 nitrogen and oxygen atoms in total. The molecule has 0 aromatic heterocycles. The van der Waals surface area contributed by atoms with Gasteiger partial charge in [-0.15, -0.1) is 0 Å². The summed E-state index contributed by atoms with van der Waals surface area (Å²) in [4.78, 5) is 0. The van der Waals surface area contributed by atoms with Gasteiger partial charge < -0.3 is 31.4 Å². The van der Waals surface area contributed by atoms with E-state index in [1.807, 2.05) is 30.3 Å². The zero-order valence-electron chi connectivity index (χ0n) is 29.8. The summed E-state index contributed by atoms with van der Waals surface area (Å²) in [6.07, 6.45) is 14.6. The molecule has 8 aliphatic carbocycles. The third kappa shape index (κ3) is 5.90. The number of rotatable bonds is 8. The summed E-state index contributed by atoms with van der Waals surface area (Å²) in [5, 5.41) is 1.35. The second kappa shape index (κ2) is 12.5. The molecule has 53 heavy (non-hydrogen) atoms. The molecule has 0 amide bonds. The van der Waals surface area contributed by atoms with Crippen LogP contribution in [0.1, 0.15) is 88.2 Å². The summed E-state index contributed by atoms with van der Waals surface area (Å²) in [6.45, 7) is 0. The van der Waals surface area contributed by atoms with Gasteiger partial charge in [0.1, 0.15) is 23.0 Å². The molecular weight excluding hydrogens is 725 g/mol. The van der Waals surface area contributed by atoms with Crippen molar-refractivity contribution in [2.24, 2.45) is 35.5 Å². The quantitative estimate of drug-likeness (QED) is 0.154. The van der Waals surface area contributed by atoms with Gasteiger partial charge in [-0.25, -0.2) is 0 Å². The molecule has 0 saturated heterocycles. The molecule has 0 spiro atoms. The highest BCUT2D eigenvalue weighted by Gasteiger charge is 2.57. The summed E-state index contributed by atoms with van der Waals surface area (Å²) in [7, 11) is 0. The molecule has 0 atom stereocenters. The van der Waals surface area contributed by atoms with Crippen molar-refractivity contribution in [3.63, 3.8) is 0 Å². The molecule has 276 valence electrons. The molecular formula is C44H46Cl3N3O3. The van der Waals surface area contributed by atoms with Crippen molar-refractivity contribution in [3.8, 4) is 34.5 Å². The number of nitrogens with two attached hydrogens (primary N) is 3. The van der Waals surface area contributed by atoms with Gasteiger partial charge in [0.25, 0.3) is 0 Å². The van der Waals surface area contributed by atoms with E-state index in [0.29, 0.717) is 78.6 Å². The fourth-order valence-corrected chi connectivity index (χ4v) is 13.2. The van der Waals surface area contributed by atoms with Crippen molar-refractivity contribution in [2.45, 2.75) is 87.9 Å². The Hall–Kier alpha value is -3.45. The maximum Gasteiger partial charge on any atom is 0.177 e. The van der Waals surface area contributed by atoms with E-state index in [0.717, 1.165) is 67.6 Å². The van der Waals surface area contributed by atoms with Crippen molar-refractivity contribution in [1.82, 2.24) is 0 Å². The first kappa shape index (κ1) is 34.1. The van der Waals surface area contributed by atoms with Crippen molar-refractivity contribution in [3.05, 3.63) is 86.9 Å². The Balaban J connectivity index is 1.26. The van der Waals surface area contributed by atoms with Gasteiger partial charge in [0.05, 0.1) is 32.1 Å². The lowest BCUT2D eigenvalue weighted by molar-refractivity contribution is -0.0107. The average molecular weight is 771 g/mol. The molecule has 4 aromatic carbocycles. The van der Waals surface area contributed by atoms with E-state index in [1.165, 1.54) is 44.1 Å². The van der Waals surface area contributed by atoms with E-state index >= 15 is 0 Å². The first-order valence-electron chi connectivity index (χ1n) is 19.4. The fraction of sp³-hybridized carbons (Fsp3) is 0.455. The standard InChI is InChI=1S/C44H46Cl3N3O3/c45-33-13-29(1-4-36(33)48)51-39-16-32(43-17-23-7-24(18-43)9-25(8-23)19-43)41(52-30-2-5-37(49)34(46)14-30)40(42(39)53-31-3-6-38(50)35(47)15-31)44-20-26-10-27(21-44)12-28(11-26)22-44/h1-6,13-16,23-28H,7-12,17-22,48-50H2. The van der Waals surface area contributed by atoms with Gasteiger partial charge in [-0.2, -0.15) is 0 Å². The van der Waals surface area contributed by atoms with Gasteiger partial charge in [-0.05, 0) is 160 Å². The van der Waals surface area contributed by atoms with Gasteiger partial charge in [-0.1, -0.05) is 34.8 Å². The topological polar surface area (TPSA) is 106 Å². The van der Waals surface area contributed by atoms with E-state index in [1.54, 1.807) is 24.3 Å². The maximum absolute atomic E-state index is 7.36. The summed E-state index contributed by atoms with van der Waals surface area (Å²) in [5.74, 6) is 8.23. The summed E-state index contributed by atoms with van der Waals surface area (Å²) < 4.78 is 21.5. The highest BCUT2D eigenvalue weighted by Crippen LogP contribution is 2.69. The van der Waals surface area contributed by atoms with Crippen molar-refractivity contribution in [2.75, 3.05) is 17.2 Å². The minimum absolute atomic E-state index is 0.0430. The first-order valence-corrected chi connectivity index (χ1v) is 20.6. The molecule has 4 aromatic rings. The summed E-state index contributed by atoms with van der Waals surface area (Å²) in [5.41, 5.74) is 22.3. The van der Waals surface area contributed by atoms with Crippen LogP contribution in [0.4, 0.5) is 17.1 Å². The number of nitrogen functional groups attached to an aromatic ring is 3. The predicted octanol–water partition coefficient (Wildman–Crippen LogP) is 12.7. The Morgan fingerprint density at radius 2 is 0.811 bits per heavy atom. The lowest BCUT2D eigenvalue weighted by Crippen LogP contribution is -2.50. The molecule has 0 aliphatic heterocycles. The van der Waals surface area contributed by atoms with Crippen molar-refractivity contribution < 1.29 is 14.2 Å². The minimum Gasteiger partial charge on any atom is -0.457 e. The van der Waals surface area contributed by atoms with Crippen LogP contribution in [0, 0.1) is 35.5 Å². The maximum atomic E-state index is 7.36. The Kier molecular flexibility index (Phi) is 8.06. The third-order valence-corrected chi connectivity index (χ3v) is 14.9. The average Bonchev–Trinajstić information content (AvgIpc) is 3.09. The molecule has 6 N–H and O–H groups in total. The number of ether oxygens (including phenoxy) is 3. The number of hydrogen-bond donors (Lipinski definition) is 3. The number of anilines is 3. The molecule has 8 aliphatic rings. The number of hydrogen-bond acceptors (Lipinski definition) is 6. The predicted molar refractivity (Wildman–Crippen MR) is 214 cm³/mol. The summed E-state index contributed by atoms with van der Waals surface area (Å²) in [6, 6.07) is 18.8. The molecule has 9 heteroatoms. The van der Waals surface area contributed by atoms with Crippen molar-refractivity contribution >= 4 is 51.9 Å². The van der Waals surface area contributed by atoms with Crippen LogP contribution in [0.5, 0.6) is 34.5 Å². The fourth-order valence-electron chi connectivity index (χ4n) is 12.7. The number of benzene rings is 4. The van der Waals surface area contributed by atoms with E-state index in [9.17, 15) is 0 Å². The molecule has 0 unspecified atom stereocenters. The van der Waals surface area contributed by atoms with E-state index in [-0.39, 0.29) is 10.8 Å². The third-order valence-electron chi connectivity index (χ3n) is 14.0. The Labute approximate surface area is 326 Å². The van der Waals surface area contributed by atoms with E-state index in [4.69, 9.17) is 66.2 Å². The Bertz CT molecular complexity index is 2060. The molecule has 8 saturated carbocycles. The minimum atomic E-state index is -0.163. The zero-order valence-corrected chi connectivity index (χ0v) is 32.1.